The van der Waals surface area contributed by atoms with Crippen LogP contribution in [0.5, 0.6) is 0 Å². The van der Waals surface area contributed by atoms with Gasteiger partial charge in [-0.2, -0.15) is 0 Å². The Morgan fingerprint density at radius 3 is 1.52 bits per heavy atom. The lowest BCUT2D eigenvalue weighted by atomic mass is 9.91. The van der Waals surface area contributed by atoms with Crippen molar-refractivity contribution < 1.29 is 4.42 Å². The molecule has 63 heavy (non-hydrogen) atoms. The van der Waals surface area contributed by atoms with E-state index >= 15 is 0 Å². The van der Waals surface area contributed by atoms with Crippen LogP contribution in [0.1, 0.15) is 0 Å². The van der Waals surface area contributed by atoms with Gasteiger partial charge in [0.15, 0.2) is 17.5 Å². The summed E-state index contributed by atoms with van der Waals surface area (Å²) in [6.45, 7) is 0. The number of benzene rings is 9. The number of aromatic nitrogens is 4. The molecule has 12 aromatic rings. The van der Waals surface area contributed by atoms with E-state index < -0.39 is 0 Å². The van der Waals surface area contributed by atoms with Crippen molar-refractivity contribution in [3.63, 3.8) is 0 Å². The fourth-order valence-corrected chi connectivity index (χ4v) is 8.87. The first-order valence-corrected chi connectivity index (χ1v) is 21.1. The monoisotopic (exact) mass is 804 g/mol. The molecule has 294 valence electrons. The van der Waals surface area contributed by atoms with Crippen LogP contribution in [0.3, 0.4) is 0 Å². The predicted molar refractivity (Wildman–Crippen MR) is 258 cm³/mol. The molecule has 0 bridgehead atoms. The Hall–Kier alpha value is -8.54. The highest BCUT2D eigenvalue weighted by molar-refractivity contribution is 6.17. The van der Waals surface area contributed by atoms with Gasteiger partial charge in [-0.1, -0.05) is 194 Å². The molecule has 0 fully saturated rings. The van der Waals surface area contributed by atoms with Gasteiger partial charge in [0.05, 0.1) is 11.2 Å². The molecule has 0 aliphatic carbocycles. The average Bonchev–Trinajstić information content (AvgIpc) is 3.76. The molecule has 3 heterocycles. The van der Waals surface area contributed by atoms with E-state index in [1.165, 1.54) is 16.5 Å². The summed E-state index contributed by atoms with van der Waals surface area (Å²) in [6.07, 6.45) is 0. The summed E-state index contributed by atoms with van der Waals surface area (Å²) in [6, 6.07) is 75.7. The molecule has 12 rings (SSSR count). The number of pyridine rings is 1. The lowest BCUT2D eigenvalue weighted by Crippen LogP contribution is -2.00. The van der Waals surface area contributed by atoms with Crippen LogP contribution in [0.15, 0.2) is 223 Å². The van der Waals surface area contributed by atoms with E-state index in [2.05, 4.69) is 164 Å². The van der Waals surface area contributed by atoms with E-state index in [1.807, 2.05) is 54.6 Å². The van der Waals surface area contributed by atoms with Gasteiger partial charge < -0.3 is 4.42 Å². The molecule has 5 heteroatoms. The molecule has 9 aromatic carbocycles. The van der Waals surface area contributed by atoms with Crippen LogP contribution in [0.4, 0.5) is 0 Å². The molecular weight excluding hydrogens is 769 g/mol. The van der Waals surface area contributed by atoms with Gasteiger partial charge in [0, 0.05) is 54.7 Å². The lowest BCUT2D eigenvalue weighted by molar-refractivity contribution is 0.670. The highest BCUT2D eigenvalue weighted by Gasteiger charge is 2.18. The van der Waals surface area contributed by atoms with Crippen molar-refractivity contribution in [1.29, 1.82) is 0 Å². The van der Waals surface area contributed by atoms with E-state index in [4.69, 9.17) is 24.4 Å². The molecule has 0 aliphatic heterocycles. The van der Waals surface area contributed by atoms with E-state index in [1.54, 1.807) is 0 Å². The quantitative estimate of drug-likeness (QED) is 0.150. The molecule has 0 saturated carbocycles. The minimum Gasteiger partial charge on any atom is -0.455 e. The van der Waals surface area contributed by atoms with E-state index in [9.17, 15) is 0 Å². The Morgan fingerprint density at radius 2 is 0.778 bits per heavy atom. The maximum atomic E-state index is 6.37. The molecule has 0 amide bonds. The standard InChI is InChI=1S/C58H36N4O/c1-4-15-37(16-5-1)45-24-13-27-49-53(45)50-36-43(33-34-51(50)59-54(49)39-17-6-2-7-18-39)42-21-12-22-44(35-42)58-61-56(40-19-8-3-9-20-40)60-57(62-58)41-31-29-38(30-32-41)46-25-14-26-48-47-23-10-11-28-52(47)63-55(46)48/h1-36H. The van der Waals surface area contributed by atoms with Gasteiger partial charge in [-0.25, -0.2) is 19.9 Å². The van der Waals surface area contributed by atoms with Crippen LogP contribution in [0, 0.1) is 0 Å². The Morgan fingerprint density at radius 1 is 0.286 bits per heavy atom. The van der Waals surface area contributed by atoms with Crippen molar-refractivity contribution >= 4 is 43.6 Å². The number of hydrogen-bond acceptors (Lipinski definition) is 5. The number of fused-ring (bicyclic) bond motifs is 6. The molecule has 3 aromatic heterocycles. The summed E-state index contributed by atoms with van der Waals surface area (Å²) in [4.78, 5) is 20.6. The van der Waals surface area contributed by atoms with Crippen molar-refractivity contribution in [2.45, 2.75) is 0 Å². The Kier molecular flexibility index (Phi) is 8.75. The summed E-state index contributed by atoms with van der Waals surface area (Å²) in [5, 5.41) is 5.61. The number of rotatable bonds is 7. The minimum atomic E-state index is 0.601. The first-order chi connectivity index (χ1) is 31.2. The summed E-state index contributed by atoms with van der Waals surface area (Å²) >= 11 is 0. The van der Waals surface area contributed by atoms with E-state index in [0.29, 0.717) is 17.5 Å². The molecule has 0 spiro atoms. The summed E-state index contributed by atoms with van der Waals surface area (Å²) in [5.41, 5.74) is 14.1. The first kappa shape index (κ1) is 36.3. The third-order valence-electron chi connectivity index (χ3n) is 11.9. The van der Waals surface area contributed by atoms with Gasteiger partial charge in [0.2, 0.25) is 0 Å². The maximum Gasteiger partial charge on any atom is 0.164 e. The normalized spacial score (nSPS) is 11.5. The second kappa shape index (κ2) is 15.2. The van der Waals surface area contributed by atoms with Gasteiger partial charge in [0.1, 0.15) is 11.2 Å². The van der Waals surface area contributed by atoms with Crippen LogP contribution in [0.2, 0.25) is 0 Å². The number of furan rings is 1. The smallest absolute Gasteiger partial charge is 0.164 e. The zero-order valence-electron chi connectivity index (χ0n) is 34.0. The highest BCUT2D eigenvalue weighted by atomic mass is 16.3. The molecule has 0 unspecified atom stereocenters. The van der Waals surface area contributed by atoms with Gasteiger partial charge >= 0.3 is 0 Å². The number of para-hydroxylation sites is 2. The average molecular weight is 805 g/mol. The third-order valence-corrected chi connectivity index (χ3v) is 11.9. The van der Waals surface area contributed by atoms with Gasteiger partial charge in [-0.05, 0) is 52.1 Å². The lowest BCUT2D eigenvalue weighted by Gasteiger charge is -2.15. The maximum absolute atomic E-state index is 6.37. The predicted octanol–water partition coefficient (Wildman–Crippen LogP) is 15.1. The van der Waals surface area contributed by atoms with Crippen LogP contribution in [-0.2, 0) is 0 Å². The van der Waals surface area contributed by atoms with Crippen molar-refractivity contribution in [1.82, 2.24) is 19.9 Å². The summed E-state index contributed by atoms with van der Waals surface area (Å²) in [7, 11) is 0. The molecule has 0 atom stereocenters. The van der Waals surface area contributed by atoms with Crippen molar-refractivity contribution in [3.05, 3.63) is 218 Å². The fraction of sp³-hybridized carbons (Fsp3) is 0. The van der Waals surface area contributed by atoms with Crippen LogP contribution < -0.4 is 0 Å². The fourth-order valence-electron chi connectivity index (χ4n) is 8.87. The van der Waals surface area contributed by atoms with Crippen molar-refractivity contribution in [2.24, 2.45) is 0 Å². The van der Waals surface area contributed by atoms with E-state index in [0.717, 1.165) is 88.4 Å². The molecule has 0 radical (unpaired) electrons. The van der Waals surface area contributed by atoms with E-state index in [-0.39, 0.29) is 0 Å². The van der Waals surface area contributed by atoms with Gasteiger partial charge in [-0.15, -0.1) is 0 Å². The highest BCUT2D eigenvalue weighted by Crippen LogP contribution is 2.41. The molecule has 0 saturated heterocycles. The first-order valence-electron chi connectivity index (χ1n) is 21.1. The van der Waals surface area contributed by atoms with Crippen molar-refractivity contribution in [3.8, 4) is 78.8 Å². The summed E-state index contributed by atoms with van der Waals surface area (Å²) in [5.74, 6) is 1.82. The second-order valence-corrected chi connectivity index (χ2v) is 15.8. The third kappa shape index (κ3) is 6.51. The Balaban J connectivity index is 0.969. The molecule has 0 aliphatic rings. The molecule has 0 N–H and O–H groups in total. The van der Waals surface area contributed by atoms with Gasteiger partial charge in [-0.3, -0.25) is 0 Å². The largest absolute Gasteiger partial charge is 0.455 e. The van der Waals surface area contributed by atoms with Crippen LogP contribution >= 0.6 is 0 Å². The number of nitrogens with zero attached hydrogens (tertiary/aromatic N) is 4. The van der Waals surface area contributed by atoms with Gasteiger partial charge in [0.25, 0.3) is 0 Å². The minimum absolute atomic E-state index is 0.601. The Labute approximate surface area is 363 Å². The van der Waals surface area contributed by atoms with Crippen molar-refractivity contribution in [2.75, 3.05) is 0 Å². The topological polar surface area (TPSA) is 64.7 Å². The molecular formula is C58H36N4O. The SMILES string of the molecule is c1ccc(-c2nc(-c3ccc(-c4cccc5c4oc4ccccc45)cc3)nc(-c3cccc(-c4ccc5nc(-c6ccccc6)c6cccc(-c7ccccc7)c6c5c4)c3)n2)cc1. The second-order valence-electron chi connectivity index (χ2n) is 15.8. The van der Waals surface area contributed by atoms with Crippen LogP contribution in [-0.4, -0.2) is 19.9 Å². The Bertz CT molecular complexity index is 3660. The molecule has 5 nitrogen and oxygen atoms in total. The zero-order chi connectivity index (χ0) is 41.7. The zero-order valence-corrected chi connectivity index (χ0v) is 34.0. The summed E-state index contributed by atoms with van der Waals surface area (Å²) < 4.78 is 6.37. The van der Waals surface area contributed by atoms with Crippen LogP contribution in [0.25, 0.3) is 122 Å². The number of hydrogen-bond donors (Lipinski definition) is 0.